The fourth-order valence-electron chi connectivity index (χ4n) is 4.68. The third-order valence-electron chi connectivity index (χ3n) is 5.97. The molecule has 4 rings (SSSR count). The van der Waals surface area contributed by atoms with Gasteiger partial charge in [0, 0.05) is 69.7 Å². The van der Waals surface area contributed by atoms with E-state index in [-0.39, 0.29) is 41.5 Å². The number of carbonyl (C=O) groups excluding carboxylic acids is 3. The molecule has 8 heteroatoms. The summed E-state index contributed by atoms with van der Waals surface area (Å²) in [5, 5.41) is 2.77. The molecule has 27 heavy (non-hydrogen) atoms. The van der Waals surface area contributed by atoms with E-state index in [0.29, 0.717) is 32.7 Å². The lowest BCUT2D eigenvalue weighted by Crippen LogP contribution is -2.55. The van der Waals surface area contributed by atoms with E-state index in [9.17, 15) is 19.2 Å². The second-order valence-electron chi connectivity index (χ2n) is 7.65. The van der Waals surface area contributed by atoms with Crippen molar-refractivity contribution in [1.82, 2.24) is 19.7 Å². The fourth-order valence-corrected chi connectivity index (χ4v) is 4.68. The molecule has 3 atom stereocenters. The monoisotopic (exact) mass is 372 g/mol. The Morgan fingerprint density at radius 3 is 2.70 bits per heavy atom. The van der Waals surface area contributed by atoms with Crippen LogP contribution in [0.5, 0.6) is 0 Å². The highest BCUT2D eigenvalue weighted by Crippen LogP contribution is 2.41. The average Bonchev–Trinajstić information content (AvgIpc) is 2.86. The van der Waals surface area contributed by atoms with E-state index in [1.165, 1.54) is 6.07 Å². The first-order chi connectivity index (χ1) is 13.0. The zero-order chi connectivity index (χ0) is 19.1. The Balaban J connectivity index is 1.73. The number of nitrogens with zero attached hydrogens (tertiary/aromatic N) is 3. The van der Waals surface area contributed by atoms with Crippen LogP contribution >= 0.6 is 0 Å². The molecule has 1 aromatic rings. The first-order valence-corrected chi connectivity index (χ1v) is 9.48. The smallest absolute Gasteiger partial charge is 0.251 e. The van der Waals surface area contributed by atoms with Gasteiger partial charge >= 0.3 is 0 Å². The minimum absolute atomic E-state index is 0.00723. The van der Waals surface area contributed by atoms with Crippen LogP contribution in [0, 0.1) is 5.92 Å². The number of piperidine rings is 1. The zero-order valence-corrected chi connectivity index (χ0v) is 15.4. The Hall–Kier alpha value is -2.64. The molecule has 0 aromatic carbocycles. The SMILES string of the molecule is CC(=O)N1C[C@H]2C[C@@H](C1)[C@H](C(=O)N1CCNC(=O)CC1)n1c2cccc1=O. The van der Waals surface area contributed by atoms with Gasteiger partial charge in [-0.2, -0.15) is 0 Å². The maximum absolute atomic E-state index is 13.4. The zero-order valence-electron chi connectivity index (χ0n) is 15.4. The van der Waals surface area contributed by atoms with Crippen molar-refractivity contribution in [2.75, 3.05) is 32.7 Å². The third kappa shape index (κ3) is 3.13. The van der Waals surface area contributed by atoms with Crippen molar-refractivity contribution in [3.63, 3.8) is 0 Å². The Kier molecular flexibility index (Phi) is 4.49. The number of nitrogens with one attached hydrogen (secondary N) is 1. The molecule has 1 aromatic heterocycles. The van der Waals surface area contributed by atoms with Crippen molar-refractivity contribution in [2.45, 2.75) is 31.7 Å². The van der Waals surface area contributed by atoms with Crippen LogP contribution in [0.2, 0.25) is 0 Å². The third-order valence-corrected chi connectivity index (χ3v) is 5.97. The fraction of sp³-hybridized carbons (Fsp3) is 0.579. The molecule has 8 nitrogen and oxygen atoms in total. The van der Waals surface area contributed by atoms with Gasteiger partial charge in [0.05, 0.1) is 0 Å². The Morgan fingerprint density at radius 1 is 1.11 bits per heavy atom. The van der Waals surface area contributed by atoms with Gasteiger partial charge in [-0.1, -0.05) is 6.07 Å². The van der Waals surface area contributed by atoms with Crippen LogP contribution < -0.4 is 10.9 Å². The number of hydrogen-bond donors (Lipinski definition) is 1. The van der Waals surface area contributed by atoms with E-state index in [4.69, 9.17) is 0 Å². The van der Waals surface area contributed by atoms with Gasteiger partial charge in [-0.25, -0.2) is 0 Å². The van der Waals surface area contributed by atoms with Gasteiger partial charge in [0.25, 0.3) is 5.56 Å². The summed E-state index contributed by atoms with van der Waals surface area (Å²) in [7, 11) is 0. The van der Waals surface area contributed by atoms with Gasteiger partial charge in [-0.3, -0.25) is 23.7 Å². The lowest BCUT2D eigenvalue weighted by atomic mass is 9.78. The van der Waals surface area contributed by atoms with Gasteiger partial charge in [0.15, 0.2) is 0 Å². The molecular formula is C19H24N4O4. The maximum Gasteiger partial charge on any atom is 0.251 e. The number of rotatable bonds is 1. The number of aromatic nitrogens is 1. The molecule has 4 heterocycles. The first kappa shape index (κ1) is 17.8. The Morgan fingerprint density at radius 2 is 1.93 bits per heavy atom. The van der Waals surface area contributed by atoms with Gasteiger partial charge in [-0.15, -0.1) is 0 Å². The predicted octanol–water partition coefficient (Wildman–Crippen LogP) is -0.296. The van der Waals surface area contributed by atoms with Crippen molar-refractivity contribution in [2.24, 2.45) is 5.92 Å². The summed E-state index contributed by atoms with van der Waals surface area (Å²) in [5.74, 6) is -0.230. The van der Waals surface area contributed by atoms with Gasteiger partial charge < -0.3 is 15.1 Å². The summed E-state index contributed by atoms with van der Waals surface area (Å²) >= 11 is 0. The van der Waals surface area contributed by atoms with E-state index in [1.54, 1.807) is 27.4 Å². The molecule has 2 bridgehead atoms. The molecule has 3 aliphatic heterocycles. The average molecular weight is 372 g/mol. The first-order valence-electron chi connectivity index (χ1n) is 9.48. The largest absolute Gasteiger partial charge is 0.354 e. The minimum atomic E-state index is -0.625. The number of amides is 3. The molecule has 2 fully saturated rings. The molecule has 2 saturated heterocycles. The van der Waals surface area contributed by atoms with Crippen LogP contribution in [-0.2, 0) is 14.4 Å². The number of carbonyl (C=O) groups is 3. The molecule has 3 aliphatic rings. The van der Waals surface area contributed by atoms with Crippen LogP contribution in [0.3, 0.4) is 0 Å². The second kappa shape index (κ2) is 6.83. The molecule has 0 spiro atoms. The van der Waals surface area contributed by atoms with Crippen LogP contribution in [0.15, 0.2) is 23.0 Å². The molecule has 0 unspecified atom stereocenters. The van der Waals surface area contributed by atoms with Gasteiger partial charge in [0.2, 0.25) is 17.7 Å². The summed E-state index contributed by atoms with van der Waals surface area (Å²) in [5.41, 5.74) is 0.646. The topological polar surface area (TPSA) is 91.7 Å². The molecule has 0 saturated carbocycles. The van der Waals surface area contributed by atoms with E-state index >= 15 is 0 Å². The summed E-state index contributed by atoms with van der Waals surface area (Å²) in [6.45, 7) is 3.81. The molecular weight excluding hydrogens is 348 g/mol. The predicted molar refractivity (Wildman–Crippen MR) is 97.0 cm³/mol. The normalized spacial score (nSPS) is 27.4. The van der Waals surface area contributed by atoms with Crippen molar-refractivity contribution in [1.29, 1.82) is 0 Å². The highest BCUT2D eigenvalue weighted by atomic mass is 16.2. The maximum atomic E-state index is 13.4. The number of pyridine rings is 1. The summed E-state index contributed by atoms with van der Waals surface area (Å²) in [4.78, 5) is 53.2. The van der Waals surface area contributed by atoms with E-state index in [0.717, 1.165) is 12.1 Å². The number of likely N-dealkylation sites (tertiary alicyclic amines) is 1. The van der Waals surface area contributed by atoms with Gasteiger partial charge in [-0.05, 0) is 12.5 Å². The Labute approximate surface area is 157 Å². The highest BCUT2D eigenvalue weighted by Gasteiger charge is 2.45. The van der Waals surface area contributed by atoms with Crippen molar-refractivity contribution < 1.29 is 14.4 Å². The summed E-state index contributed by atoms with van der Waals surface area (Å²) in [6, 6.07) is 4.47. The van der Waals surface area contributed by atoms with Gasteiger partial charge in [0.1, 0.15) is 6.04 Å². The van der Waals surface area contributed by atoms with Crippen molar-refractivity contribution >= 4 is 17.7 Å². The van der Waals surface area contributed by atoms with Crippen LogP contribution in [0.25, 0.3) is 0 Å². The van der Waals surface area contributed by atoms with E-state index < -0.39 is 6.04 Å². The molecule has 144 valence electrons. The molecule has 0 aliphatic carbocycles. The van der Waals surface area contributed by atoms with Crippen LogP contribution in [-0.4, -0.2) is 64.8 Å². The van der Waals surface area contributed by atoms with E-state index in [1.807, 2.05) is 6.07 Å². The van der Waals surface area contributed by atoms with Crippen molar-refractivity contribution in [3.8, 4) is 0 Å². The lowest BCUT2D eigenvalue weighted by molar-refractivity contribution is -0.141. The standard InChI is InChI=1S/C19H24N4O4/c1-12(24)22-10-13-9-14(11-22)18(23-15(13)3-2-4-17(23)26)19(27)21-7-5-16(25)20-6-8-21/h2-4,13-14,18H,5-11H2,1H3,(H,20,25)/t13-,14+,18-/m1/s1. The number of fused-ring (bicyclic) bond motifs is 4. The quantitative estimate of drug-likeness (QED) is 0.733. The summed E-state index contributed by atoms with van der Waals surface area (Å²) < 4.78 is 1.64. The minimum Gasteiger partial charge on any atom is -0.354 e. The van der Waals surface area contributed by atoms with Crippen molar-refractivity contribution in [3.05, 3.63) is 34.2 Å². The lowest BCUT2D eigenvalue weighted by Gasteiger charge is -2.47. The molecule has 0 radical (unpaired) electrons. The van der Waals surface area contributed by atoms with Crippen LogP contribution in [0.1, 0.15) is 37.4 Å². The number of hydrogen-bond acceptors (Lipinski definition) is 4. The second-order valence-corrected chi connectivity index (χ2v) is 7.65. The molecule has 1 N–H and O–H groups in total. The summed E-state index contributed by atoms with van der Waals surface area (Å²) in [6.07, 6.45) is 1.05. The molecule has 3 amide bonds. The Bertz CT molecular complexity index is 848. The van der Waals surface area contributed by atoms with E-state index in [2.05, 4.69) is 5.32 Å². The highest BCUT2D eigenvalue weighted by molar-refractivity contribution is 5.83. The van der Waals surface area contributed by atoms with Crippen LogP contribution in [0.4, 0.5) is 0 Å².